The van der Waals surface area contributed by atoms with Gasteiger partial charge in [-0.2, -0.15) is 0 Å². The van der Waals surface area contributed by atoms with Crippen molar-refractivity contribution in [2.75, 3.05) is 11.1 Å². The molecule has 0 saturated heterocycles. The van der Waals surface area contributed by atoms with Crippen molar-refractivity contribution >= 4 is 33.2 Å². The summed E-state index contributed by atoms with van der Waals surface area (Å²) in [4.78, 5) is 11.9. The van der Waals surface area contributed by atoms with Gasteiger partial charge in [0.05, 0.1) is 12.1 Å². The van der Waals surface area contributed by atoms with Crippen LogP contribution in [0.4, 0.5) is 20.2 Å². The van der Waals surface area contributed by atoms with Crippen molar-refractivity contribution in [3.63, 3.8) is 0 Å². The van der Waals surface area contributed by atoms with E-state index < -0.39 is 24.0 Å². The molecule has 0 spiro atoms. The number of nitrogens with two attached hydrogens (primary N) is 1. The predicted octanol–water partition coefficient (Wildman–Crippen LogP) is 3.80. The number of nitrogen functional groups attached to an aromatic ring is 1. The average molecular weight is 355 g/mol. The minimum Gasteiger partial charge on any atom is -0.398 e. The molecule has 1 amide bonds. The standard InChI is InChI=1S/C15H13BrF2N2O/c1-8-5-10(16)14(7-13(8)19)20-15(21)6-9-11(17)3-2-4-12(9)18/h2-5,7H,6,19H2,1H3,(H,20,21). The van der Waals surface area contributed by atoms with Crippen molar-refractivity contribution in [2.45, 2.75) is 13.3 Å². The summed E-state index contributed by atoms with van der Waals surface area (Å²) in [5.74, 6) is -2.01. The van der Waals surface area contributed by atoms with E-state index >= 15 is 0 Å². The minimum atomic E-state index is -0.743. The van der Waals surface area contributed by atoms with Gasteiger partial charge in [0, 0.05) is 15.7 Å². The molecule has 0 fully saturated rings. The molecule has 2 rings (SSSR count). The summed E-state index contributed by atoms with van der Waals surface area (Å²) in [6.45, 7) is 1.83. The van der Waals surface area contributed by atoms with Crippen molar-refractivity contribution in [1.82, 2.24) is 0 Å². The van der Waals surface area contributed by atoms with Crippen LogP contribution in [0.15, 0.2) is 34.8 Å². The Morgan fingerprint density at radius 2 is 1.90 bits per heavy atom. The molecule has 3 N–H and O–H groups in total. The molecule has 0 saturated carbocycles. The highest BCUT2D eigenvalue weighted by Gasteiger charge is 2.14. The second kappa shape index (κ2) is 6.22. The maximum Gasteiger partial charge on any atom is 0.229 e. The number of nitrogens with one attached hydrogen (secondary N) is 1. The van der Waals surface area contributed by atoms with E-state index in [0.29, 0.717) is 15.8 Å². The number of amides is 1. The quantitative estimate of drug-likeness (QED) is 0.823. The van der Waals surface area contributed by atoms with Gasteiger partial charge in [0.2, 0.25) is 5.91 Å². The maximum atomic E-state index is 13.5. The van der Waals surface area contributed by atoms with Crippen LogP contribution in [0.25, 0.3) is 0 Å². The molecular formula is C15H13BrF2N2O. The largest absolute Gasteiger partial charge is 0.398 e. The zero-order chi connectivity index (χ0) is 15.6. The van der Waals surface area contributed by atoms with Crippen LogP contribution in [0.2, 0.25) is 0 Å². The van der Waals surface area contributed by atoms with Crippen molar-refractivity contribution < 1.29 is 13.6 Å². The molecule has 3 nitrogen and oxygen atoms in total. The summed E-state index contributed by atoms with van der Waals surface area (Å²) in [6.07, 6.45) is -0.390. The number of benzene rings is 2. The van der Waals surface area contributed by atoms with Crippen LogP contribution in [-0.2, 0) is 11.2 Å². The summed E-state index contributed by atoms with van der Waals surface area (Å²) < 4.78 is 27.6. The highest BCUT2D eigenvalue weighted by Crippen LogP contribution is 2.28. The van der Waals surface area contributed by atoms with Crippen LogP contribution in [0.3, 0.4) is 0 Å². The molecule has 0 aliphatic rings. The van der Waals surface area contributed by atoms with Crippen molar-refractivity contribution in [3.8, 4) is 0 Å². The molecule has 0 atom stereocenters. The Balaban J connectivity index is 2.18. The Kier molecular flexibility index (Phi) is 4.57. The molecule has 0 heterocycles. The van der Waals surface area contributed by atoms with Gasteiger partial charge in [-0.3, -0.25) is 4.79 Å². The number of carbonyl (C=O) groups excluding carboxylic acids is 1. The van der Waals surface area contributed by atoms with Gasteiger partial charge in [0.15, 0.2) is 0 Å². The lowest BCUT2D eigenvalue weighted by Gasteiger charge is -2.11. The SMILES string of the molecule is Cc1cc(Br)c(NC(=O)Cc2c(F)cccc2F)cc1N. The molecule has 110 valence electrons. The molecule has 0 unspecified atom stereocenters. The lowest BCUT2D eigenvalue weighted by atomic mass is 10.1. The molecule has 2 aromatic carbocycles. The Morgan fingerprint density at radius 1 is 1.29 bits per heavy atom. The number of hydrogen-bond donors (Lipinski definition) is 2. The number of carbonyl (C=O) groups is 1. The second-order valence-electron chi connectivity index (χ2n) is 4.61. The number of hydrogen-bond acceptors (Lipinski definition) is 2. The van der Waals surface area contributed by atoms with E-state index in [4.69, 9.17) is 5.73 Å². The van der Waals surface area contributed by atoms with E-state index in [1.165, 1.54) is 6.07 Å². The maximum absolute atomic E-state index is 13.5. The van der Waals surface area contributed by atoms with E-state index in [9.17, 15) is 13.6 Å². The fourth-order valence-corrected chi connectivity index (χ4v) is 2.40. The van der Waals surface area contributed by atoms with Crippen LogP contribution in [-0.4, -0.2) is 5.91 Å². The lowest BCUT2D eigenvalue weighted by molar-refractivity contribution is -0.115. The molecular weight excluding hydrogens is 342 g/mol. The molecule has 2 aromatic rings. The summed E-state index contributed by atoms with van der Waals surface area (Å²) in [6, 6.07) is 6.84. The first-order valence-corrected chi connectivity index (χ1v) is 6.96. The lowest BCUT2D eigenvalue weighted by Crippen LogP contribution is -2.16. The molecule has 0 aromatic heterocycles. The highest BCUT2D eigenvalue weighted by atomic mass is 79.9. The Bertz CT molecular complexity index is 684. The molecule has 0 aliphatic heterocycles. The first-order chi connectivity index (χ1) is 9.88. The topological polar surface area (TPSA) is 55.1 Å². The number of anilines is 2. The summed E-state index contributed by atoms with van der Waals surface area (Å²) in [5, 5.41) is 2.58. The van der Waals surface area contributed by atoms with Crippen molar-refractivity contribution in [2.24, 2.45) is 0 Å². The Morgan fingerprint density at radius 3 is 2.52 bits per heavy atom. The fraction of sp³-hybridized carbons (Fsp3) is 0.133. The zero-order valence-corrected chi connectivity index (χ0v) is 12.8. The summed E-state index contributed by atoms with van der Waals surface area (Å²) in [5.41, 5.74) is 7.35. The fourth-order valence-electron chi connectivity index (χ4n) is 1.84. The molecule has 6 heteroatoms. The first kappa shape index (κ1) is 15.4. The van der Waals surface area contributed by atoms with Gasteiger partial charge < -0.3 is 11.1 Å². The van der Waals surface area contributed by atoms with E-state index in [1.807, 2.05) is 6.92 Å². The zero-order valence-electron chi connectivity index (χ0n) is 11.2. The molecule has 0 radical (unpaired) electrons. The van der Waals surface area contributed by atoms with Crippen molar-refractivity contribution in [1.29, 1.82) is 0 Å². The summed E-state index contributed by atoms with van der Waals surface area (Å²) >= 11 is 3.31. The van der Waals surface area contributed by atoms with Gasteiger partial charge in [-0.25, -0.2) is 8.78 Å². The smallest absolute Gasteiger partial charge is 0.229 e. The van der Waals surface area contributed by atoms with Crippen LogP contribution in [0.1, 0.15) is 11.1 Å². The van der Waals surface area contributed by atoms with E-state index in [1.54, 1.807) is 12.1 Å². The van der Waals surface area contributed by atoms with E-state index in [2.05, 4.69) is 21.2 Å². The van der Waals surface area contributed by atoms with Crippen LogP contribution in [0, 0.1) is 18.6 Å². The molecule has 0 aliphatic carbocycles. The van der Waals surface area contributed by atoms with E-state index in [0.717, 1.165) is 17.7 Å². The predicted molar refractivity (Wildman–Crippen MR) is 82.0 cm³/mol. The van der Waals surface area contributed by atoms with Crippen molar-refractivity contribution in [3.05, 3.63) is 57.6 Å². The molecule has 21 heavy (non-hydrogen) atoms. The third kappa shape index (κ3) is 3.58. The van der Waals surface area contributed by atoms with Gasteiger partial charge in [-0.1, -0.05) is 6.07 Å². The average Bonchev–Trinajstić information content (AvgIpc) is 2.40. The van der Waals surface area contributed by atoms with Gasteiger partial charge in [0.25, 0.3) is 0 Å². The van der Waals surface area contributed by atoms with Gasteiger partial charge in [-0.15, -0.1) is 0 Å². The highest BCUT2D eigenvalue weighted by molar-refractivity contribution is 9.10. The summed E-state index contributed by atoms with van der Waals surface area (Å²) in [7, 11) is 0. The van der Waals surface area contributed by atoms with Crippen LogP contribution in [0.5, 0.6) is 0 Å². The third-order valence-corrected chi connectivity index (χ3v) is 3.68. The van der Waals surface area contributed by atoms with Crippen LogP contribution < -0.4 is 11.1 Å². The number of halogens is 3. The number of aryl methyl sites for hydroxylation is 1. The van der Waals surface area contributed by atoms with Gasteiger partial charge in [0.1, 0.15) is 11.6 Å². The van der Waals surface area contributed by atoms with Crippen LogP contribution >= 0.6 is 15.9 Å². The second-order valence-corrected chi connectivity index (χ2v) is 5.47. The first-order valence-electron chi connectivity index (χ1n) is 6.17. The minimum absolute atomic E-state index is 0.258. The van der Waals surface area contributed by atoms with Gasteiger partial charge >= 0.3 is 0 Å². The Hall–Kier alpha value is -1.95. The van der Waals surface area contributed by atoms with Gasteiger partial charge in [-0.05, 0) is 52.7 Å². The number of rotatable bonds is 3. The normalized spacial score (nSPS) is 10.5. The third-order valence-electron chi connectivity index (χ3n) is 3.03. The monoisotopic (exact) mass is 354 g/mol. The van der Waals surface area contributed by atoms with E-state index in [-0.39, 0.29) is 5.56 Å². The Labute approximate surface area is 129 Å². The molecule has 0 bridgehead atoms.